The maximum atomic E-state index is 12.4. The van der Waals surface area contributed by atoms with E-state index in [1.54, 1.807) is 0 Å². The number of alkyl halides is 3. The summed E-state index contributed by atoms with van der Waals surface area (Å²) >= 11 is 5.29. The highest BCUT2D eigenvalue weighted by molar-refractivity contribution is 9.10. The van der Waals surface area contributed by atoms with Gasteiger partial charge in [0.1, 0.15) is 5.69 Å². The molecule has 0 aliphatic heterocycles. The Morgan fingerprint density at radius 2 is 2.00 bits per heavy atom. The highest BCUT2D eigenvalue weighted by atomic mass is 79.9. The number of rotatable bonds is 1. The number of pyridine rings is 1. The number of aromatic nitrogens is 1. The lowest BCUT2D eigenvalue weighted by Crippen LogP contribution is -2.04. The topological polar surface area (TPSA) is 12.9 Å². The number of hydrogen-bond donors (Lipinski definition) is 0. The summed E-state index contributed by atoms with van der Waals surface area (Å²) in [5.41, 5.74) is -0.291. The molecule has 0 N–H and O–H groups in total. The van der Waals surface area contributed by atoms with Crippen molar-refractivity contribution in [3.05, 3.63) is 28.5 Å². The molecule has 0 aliphatic rings. The van der Waals surface area contributed by atoms with Crippen LogP contribution in [0.3, 0.4) is 0 Å². The Labute approximate surface area is 79.1 Å². The number of nitrogens with zero attached hydrogens (tertiary/aromatic N) is 1. The third kappa shape index (κ3) is 2.48. The number of halogens is 4. The van der Waals surface area contributed by atoms with Crippen LogP contribution in [0.25, 0.3) is 0 Å². The molecule has 5 heteroatoms. The summed E-state index contributed by atoms with van der Waals surface area (Å²) < 4.78 is 25.5. The minimum absolute atomic E-state index is 0.291. The summed E-state index contributed by atoms with van der Waals surface area (Å²) in [7, 11) is 0. The largest absolute Gasteiger partial charge is 0.343 e. The van der Waals surface area contributed by atoms with Crippen molar-refractivity contribution in [3.8, 4) is 0 Å². The van der Waals surface area contributed by atoms with Crippen LogP contribution >= 0.6 is 31.9 Å². The zero-order valence-electron chi connectivity index (χ0n) is 5.19. The summed E-state index contributed by atoms with van der Waals surface area (Å²) in [5.74, 6) is 0. The molecule has 0 saturated heterocycles. The molecule has 0 amide bonds. The molecule has 0 fully saturated rings. The Morgan fingerprint density at radius 1 is 1.36 bits per heavy atom. The van der Waals surface area contributed by atoms with Crippen LogP contribution in [0.15, 0.2) is 22.8 Å². The molecule has 60 valence electrons. The van der Waals surface area contributed by atoms with Gasteiger partial charge in [-0.25, -0.2) is 0 Å². The van der Waals surface area contributed by atoms with Crippen LogP contribution in [0.2, 0.25) is 0 Å². The van der Waals surface area contributed by atoms with Crippen molar-refractivity contribution in [3.63, 3.8) is 0 Å². The summed E-state index contributed by atoms with van der Waals surface area (Å²) in [6.07, 6.45) is 1.32. The molecule has 11 heavy (non-hydrogen) atoms. The standard InChI is InChI=1S/C6H3Br2F2N/c7-4-1-2-5(11-3-4)6(8,9)10/h1-3H. The second-order valence-corrected chi connectivity index (χ2v) is 3.77. The van der Waals surface area contributed by atoms with Gasteiger partial charge in [-0.3, -0.25) is 4.98 Å². The smallest absolute Gasteiger partial charge is 0.253 e. The summed E-state index contributed by atoms with van der Waals surface area (Å²) in [6, 6.07) is 2.76. The summed E-state index contributed by atoms with van der Waals surface area (Å²) in [6.45, 7) is 0. The second kappa shape index (κ2) is 3.15. The van der Waals surface area contributed by atoms with Crippen molar-refractivity contribution in [1.29, 1.82) is 0 Å². The molecule has 0 unspecified atom stereocenters. The molecule has 1 aromatic rings. The van der Waals surface area contributed by atoms with Gasteiger partial charge in [0.25, 0.3) is 0 Å². The summed E-state index contributed by atoms with van der Waals surface area (Å²) in [5, 5.41) is 0. The lowest BCUT2D eigenvalue weighted by atomic mass is 10.4. The maximum Gasteiger partial charge on any atom is 0.343 e. The summed E-state index contributed by atoms with van der Waals surface area (Å²) in [4.78, 5) is 0.472. The molecule has 0 atom stereocenters. The van der Waals surface area contributed by atoms with E-state index in [9.17, 15) is 8.78 Å². The fourth-order valence-corrected chi connectivity index (χ4v) is 1.01. The monoisotopic (exact) mass is 285 g/mol. The highest BCUT2D eigenvalue weighted by Gasteiger charge is 2.28. The van der Waals surface area contributed by atoms with Gasteiger partial charge in [-0.1, -0.05) is 0 Å². The van der Waals surface area contributed by atoms with E-state index in [2.05, 4.69) is 36.8 Å². The van der Waals surface area contributed by atoms with Crippen LogP contribution in [-0.2, 0) is 4.83 Å². The Balaban J connectivity index is 2.99. The van der Waals surface area contributed by atoms with E-state index in [1.165, 1.54) is 18.3 Å². The van der Waals surface area contributed by atoms with Crippen LogP contribution in [0, 0.1) is 0 Å². The molecule has 0 aromatic carbocycles. The Morgan fingerprint density at radius 3 is 2.36 bits per heavy atom. The van der Waals surface area contributed by atoms with Crippen LogP contribution in [-0.4, -0.2) is 4.98 Å². The average Bonchev–Trinajstić information content (AvgIpc) is 1.86. The van der Waals surface area contributed by atoms with Crippen LogP contribution in [0.4, 0.5) is 8.78 Å². The Kier molecular flexibility index (Phi) is 2.59. The van der Waals surface area contributed by atoms with Gasteiger partial charge in [0, 0.05) is 10.7 Å². The lowest BCUT2D eigenvalue weighted by Gasteiger charge is -2.05. The molecular formula is C6H3Br2F2N. The Bertz CT molecular complexity index is 242. The van der Waals surface area contributed by atoms with Gasteiger partial charge in [-0.2, -0.15) is 8.78 Å². The van der Waals surface area contributed by atoms with Crippen molar-refractivity contribution in [2.45, 2.75) is 4.83 Å². The predicted octanol–water partition coefficient (Wildman–Crippen LogP) is 3.29. The van der Waals surface area contributed by atoms with Crippen LogP contribution < -0.4 is 0 Å². The molecule has 0 radical (unpaired) electrons. The van der Waals surface area contributed by atoms with Gasteiger partial charge < -0.3 is 0 Å². The van der Waals surface area contributed by atoms with Crippen molar-refractivity contribution >= 4 is 31.9 Å². The van der Waals surface area contributed by atoms with E-state index in [0.29, 0.717) is 4.47 Å². The molecule has 0 spiro atoms. The number of hydrogen-bond acceptors (Lipinski definition) is 1. The molecule has 1 nitrogen and oxygen atoms in total. The molecule has 1 aromatic heterocycles. The third-order valence-electron chi connectivity index (χ3n) is 1.02. The first-order valence-corrected chi connectivity index (χ1v) is 4.27. The molecule has 0 bridgehead atoms. The maximum absolute atomic E-state index is 12.4. The van der Waals surface area contributed by atoms with Crippen molar-refractivity contribution in [1.82, 2.24) is 4.98 Å². The third-order valence-corrected chi connectivity index (χ3v) is 1.89. The first-order chi connectivity index (χ1) is 5.00. The lowest BCUT2D eigenvalue weighted by molar-refractivity contribution is 0.109. The van der Waals surface area contributed by atoms with E-state index in [1.807, 2.05) is 0 Å². The van der Waals surface area contributed by atoms with Crippen LogP contribution in [0.5, 0.6) is 0 Å². The molecule has 1 rings (SSSR count). The van der Waals surface area contributed by atoms with E-state index >= 15 is 0 Å². The molecular weight excluding hydrogens is 284 g/mol. The minimum atomic E-state index is -3.03. The molecule has 0 aliphatic carbocycles. The van der Waals surface area contributed by atoms with E-state index in [4.69, 9.17) is 0 Å². The predicted molar refractivity (Wildman–Crippen MR) is 44.8 cm³/mol. The fraction of sp³-hybridized carbons (Fsp3) is 0.167. The first kappa shape index (κ1) is 9.06. The Hall–Kier alpha value is -0.0300. The van der Waals surface area contributed by atoms with Crippen molar-refractivity contribution in [2.75, 3.05) is 0 Å². The average molecular weight is 287 g/mol. The van der Waals surface area contributed by atoms with Gasteiger partial charge in [0.2, 0.25) is 0 Å². The van der Waals surface area contributed by atoms with E-state index < -0.39 is 4.83 Å². The second-order valence-electron chi connectivity index (χ2n) is 1.86. The van der Waals surface area contributed by atoms with E-state index in [-0.39, 0.29) is 5.69 Å². The van der Waals surface area contributed by atoms with Gasteiger partial charge >= 0.3 is 4.83 Å². The zero-order chi connectivity index (χ0) is 8.48. The first-order valence-electron chi connectivity index (χ1n) is 2.69. The van der Waals surface area contributed by atoms with Gasteiger partial charge in [-0.15, -0.1) is 0 Å². The molecule has 1 heterocycles. The zero-order valence-corrected chi connectivity index (χ0v) is 8.36. The van der Waals surface area contributed by atoms with E-state index in [0.717, 1.165) is 0 Å². The van der Waals surface area contributed by atoms with Gasteiger partial charge in [0.05, 0.1) is 0 Å². The normalized spacial score (nSPS) is 11.6. The van der Waals surface area contributed by atoms with Crippen molar-refractivity contribution < 1.29 is 8.78 Å². The van der Waals surface area contributed by atoms with Gasteiger partial charge in [-0.05, 0) is 44.0 Å². The van der Waals surface area contributed by atoms with Crippen LogP contribution in [0.1, 0.15) is 5.69 Å². The fourth-order valence-electron chi connectivity index (χ4n) is 0.544. The molecule has 0 saturated carbocycles. The van der Waals surface area contributed by atoms with Gasteiger partial charge in [0.15, 0.2) is 0 Å². The quantitative estimate of drug-likeness (QED) is 0.722. The minimum Gasteiger partial charge on any atom is -0.253 e. The SMILES string of the molecule is FC(F)(Br)c1ccc(Br)cn1. The highest BCUT2D eigenvalue weighted by Crippen LogP contribution is 2.33. The van der Waals surface area contributed by atoms with Crippen molar-refractivity contribution in [2.24, 2.45) is 0 Å².